The fraction of sp³-hybridized carbons (Fsp3) is 0.600. The maximum Gasteiger partial charge on any atom is 0.306 e. The molecule has 3 nitrogen and oxygen atoms in total. The van der Waals surface area contributed by atoms with Gasteiger partial charge < -0.3 is 5.11 Å². The molecule has 0 saturated heterocycles. The molecule has 1 N–H and O–H groups in total. The van der Waals surface area contributed by atoms with Crippen LogP contribution in [-0.4, -0.2) is 16.1 Å². The number of aromatic nitrogens is 1. The summed E-state index contributed by atoms with van der Waals surface area (Å²) in [5.74, 6) is -0.900. The Morgan fingerprint density at radius 1 is 1.64 bits per heavy atom. The molecule has 0 radical (unpaired) electrons. The second kappa shape index (κ2) is 4.55. The smallest absolute Gasteiger partial charge is 0.306 e. The Labute approximate surface area is 87.8 Å². The highest BCUT2D eigenvalue weighted by Crippen LogP contribution is 2.19. The van der Waals surface area contributed by atoms with E-state index in [-0.39, 0.29) is 11.8 Å². The van der Waals surface area contributed by atoms with Crippen molar-refractivity contribution in [3.8, 4) is 0 Å². The van der Waals surface area contributed by atoms with Crippen LogP contribution in [0.5, 0.6) is 0 Å². The van der Waals surface area contributed by atoms with Crippen molar-refractivity contribution in [3.05, 3.63) is 16.1 Å². The molecule has 2 atom stereocenters. The van der Waals surface area contributed by atoms with Crippen LogP contribution in [0.3, 0.4) is 0 Å². The van der Waals surface area contributed by atoms with E-state index in [1.54, 1.807) is 18.3 Å². The number of carboxylic acids is 1. The first kappa shape index (κ1) is 11.2. The van der Waals surface area contributed by atoms with Gasteiger partial charge in [-0.25, -0.2) is 4.98 Å². The van der Waals surface area contributed by atoms with Gasteiger partial charge in [0.15, 0.2) is 0 Å². The van der Waals surface area contributed by atoms with Crippen molar-refractivity contribution < 1.29 is 9.90 Å². The third-order valence-electron chi connectivity index (χ3n) is 2.41. The lowest BCUT2D eigenvalue weighted by molar-refractivity contribution is -0.142. The number of hydrogen-bond donors (Lipinski definition) is 1. The van der Waals surface area contributed by atoms with Gasteiger partial charge in [0.1, 0.15) is 0 Å². The van der Waals surface area contributed by atoms with E-state index in [0.29, 0.717) is 0 Å². The van der Waals surface area contributed by atoms with Gasteiger partial charge in [0.05, 0.1) is 10.9 Å². The van der Waals surface area contributed by atoms with Crippen LogP contribution < -0.4 is 0 Å². The van der Waals surface area contributed by atoms with Crippen molar-refractivity contribution >= 4 is 17.3 Å². The number of nitrogens with zero attached hydrogens (tertiary/aromatic N) is 1. The van der Waals surface area contributed by atoms with E-state index in [9.17, 15) is 4.79 Å². The van der Waals surface area contributed by atoms with Crippen LogP contribution >= 0.6 is 11.3 Å². The van der Waals surface area contributed by atoms with Gasteiger partial charge in [-0.15, -0.1) is 11.3 Å². The lowest BCUT2D eigenvalue weighted by Gasteiger charge is -2.13. The molecule has 78 valence electrons. The van der Waals surface area contributed by atoms with Gasteiger partial charge in [-0.05, 0) is 12.8 Å². The average molecular weight is 213 g/mol. The number of hydrogen-bond acceptors (Lipinski definition) is 3. The Hall–Kier alpha value is -0.900. The summed E-state index contributed by atoms with van der Waals surface area (Å²) >= 11 is 1.60. The molecule has 0 aliphatic carbocycles. The molecule has 0 amide bonds. The largest absolute Gasteiger partial charge is 0.481 e. The Morgan fingerprint density at radius 2 is 2.29 bits per heavy atom. The molecule has 1 aromatic rings. The van der Waals surface area contributed by atoms with E-state index in [2.05, 4.69) is 4.98 Å². The molecule has 2 unspecified atom stereocenters. The minimum atomic E-state index is -0.731. The lowest BCUT2D eigenvalue weighted by atomic mass is 9.93. The number of aryl methyl sites for hydroxylation is 1. The molecule has 14 heavy (non-hydrogen) atoms. The van der Waals surface area contributed by atoms with Crippen molar-refractivity contribution in [2.24, 2.45) is 11.8 Å². The number of rotatable bonds is 4. The predicted molar refractivity (Wildman–Crippen MR) is 56.5 cm³/mol. The van der Waals surface area contributed by atoms with Crippen LogP contribution in [0, 0.1) is 18.8 Å². The zero-order valence-electron chi connectivity index (χ0n) is 8.65. The molecule has 0 fully saturated rings. The quantitative estimate of drug-likeness (QED) is 0.835. The molecule has 0 saturated carbocycles. The Bertz CT molecular complexity index is 322. The number of carbonyl (C=O) groups is 1. The van der Waals surface area contributed by atoms with E-state index in [1.165, 1.54) is 0 Å². The van der Waals surface area contributed by atoms with Crippen LogP contribution in [0.25, 0.3) is 0 Å². The molecule has 1 rings (SSSR count). The standard InChI is InChI=1S/C10H15NO2S/c1-6(8(3)10(12)13)4-9-11-7(2)5-14-9/h5-6,8H,4H2,1-3H3,(H,12,13). The van der Waals surface area contributed by atoms with E-state index in [1.807, 2.05) is 19.2 Å². The van der Waals surface area contributed by atoms with Gasteiger partial charge in [0.2, 0.25) is 0 Å². The van der Waals surface area contributed by atoms with Crippen LogP contribution in [-0.2, 0) is 11.2 Å². The molecule has 0 spiro atoms. The third-order valence-corrected chi connectivity index (χ3v) is 3.40. The maximum atomic E-state index is 10.7. The molecule has 4 heteroatoms. The Morgan fingerprint density at radius 3 is 2.71 bits per heavy atom. The summed E-state index contributed by atoms with van der Waals surface area (Å²) in [5, 5.41) is 11.8. The SMILES string of the molecule is Cc1csc(CC(C)C(C)C(=O)O)n1. The van der Waals surface area contributed by atoms with Gasteiger partial charge in [-0.3, -0.25) is 4.79 Å². The Kier molecular flexibility index (Phi) is 3.63. The number of thiazole rings is 1. The fourth-order valence-electron chi connectivity index (χ4n) is 1.19. The molecule has 0 aliphatic rings. The summed E-state index contributed by atoms with van der Waals surface area (Å²) < 4.78 is 0. The first-order valence-corrected chi connectivity index (χ1v) is 5.52. The second-order valence-corrected chi connectivity index (χ2v) is 4.63. The fourth-order valence-corrected chi connectivity index (χ4v) is 2.11. The highest BCUT2D eigenvalue weighted by Gasteiger charge is 2.20. The summed E-state index contributed by atoms with van der Waals surface area (Å²) in [7, 11) is 0. The van der Waals surface area contributed by atoms with Crippen molar-refractivity contribution in [2.45, 2.75) is 27.2 Å². The van der Waals surface area contributed by atoms with Crippen LogP contribution in [0.4, 0.5) is 0 Å². The first-order valence-electron chi connectivity index (χ1n) is 4.64. The van der Waals surface area contributed by atoms with E-state index < -0.39 is 5.97 Å². The normalized spacial score (nSPS) is 15.1. The average Bonchev–Trinajstić information content (AvgIpc) is 2.49. The van der Waals surface area contributed by atoms with Crippen molar-refractivity contribution in [1.82, 2.24) is 4.98 Å². The second-order valence-electron chi connectivity index (χ2n) is 3.69. The van der Waals surface area contributed by atoms with Gasteiger partial charge in [-0.1, -0.05) is 13.8 Å². The topological polar surface area (TPSA) is 50.2 Å². The lowest BCUT2D eigenvalue weighted by Crippen LogP contribution is -2.19. The van der Waals surface area contributed by atoms with E-state index >= 15 is 0 Å². The van der Waals surface area contributed by atoms with E-state index in [4.69, 9.17) is 5.11 Å². The molecule has 0 aromatic carbocycles. The zero-order chi connectivity index (χ0) is 10.7. The first-order chi connectivity index (χ1) is 6.50. The predicted octanol–water partition coefficient (Wildman–Crippen LogP) is 2.35. The zero-order valence-corrected chi connectivity index (χ0v) is 9.47. The van der Waals surface area contributed by atoms with Crippen molar-refractivity contribution in [2.75, 3.05) is 0 Å². The van der Waals surface area contributed by atoms with E-state index in [0.717, 1.165) is 17.1 Å². The van der Waals surface area contributed by atoms with Gasteiger partial charge in [0.25, 0.3) is 0 Å². The summed E-state index contributed by atoms with van der Waals surface area (Å²) in [4.78, 5) is 15.0. The summed E-state index contributed by atoms with van der Waals surface area (Å²) in [6.07, 6.45) is 0.756. The molecule has 1 heterocycles. The van der Waals surface area contributed by atoms with Gasteiger partial charge >= 0.3 is 5.97 Å². The molecule has 0 bridgehead atoms. The molecule has 1 aromatic heterocycles. The summed E-state index contributed by atoms with van der Waals surface area (Å²) in [5.41, 5.74) is 1.01. The van der Waals surface area contributed by atoms with Crippen LogP contribution in [0.2, 0.25) is 0 Å². The van der Waals surface area contributed by atoms with Crippen molar-refractivity contribution in [3.63, 3.8) is 0 Å². The highest BCUT2D eigenvalue weighted by molar-refractivity contribution is 7.09. The summed E-state index contributed by atoms with van der Waals surface area (Å²) in [6.45, 7) is 5.65. The minimum Gasteiger partial charge on any atom is -0.481 e. The van der Waals surface area contributed by atoms with Gasteiger partial charge in [-0.2, -0.15) is 0 Å². The minimum absolute atomic E-state index is 0.137. The third kappa shape index (κ3) is 2.80. The monoisotopic (exact) mass is 213 g/mol. The molecular weight excluding hydrogens is 198 g/mol. The molecule has 0 aliphatic heterocycles. The number of aliphatic carboxylic acids is 1. The number of carboxylic acid groups (broad SMARTS) is 1. The Balaban J connectivity index is 2.56. The van der Waals surface area contributed by atoms with Crippen LogP contribution in [0.15, 0.2) is 5.38 Å². The van der Waals surface area contributed by atoms with Crippen molar-refractivity contribution in [1.29, 1.82) is 0 Å². The maximum absolute atomic E-state index is 10.7. The highest BCUT2D eigenvalue weighted by atomic mass is 32.1. The van der Waals surface area contributed by atoms with Crippen LogP contribution in [0.1, 0.15) is 24.5 Å². The summed E-state index contributed by atoms with van der Waals surface area (Å²) in [6, 6.07) is 0. The van der Waals surface area contributed by atoms with Gasteiger partial charge in [0, 0.05) is 17.5 Å². The molecular formula is C10H15NO2S.